The SMILES string of the molecule is CCN1CCC(NC(=O)Cn2nc(C)c(C)c(C#N)c2=O)CC1. The smallest absolute Gasteiger partial charge is 0.285 e. The molecule has 0 atom stereocenters. The summed E-state index contributed by atoms with van der Waals surface area (Å²) in [6, 6.07) is 2.04. The van der Waals surface area contributed by atoms with Crippen LogP contribution in [0.5, 0.6) is 0 Å². The molecule has 124 valence electrons. The lowest BCUT2D eigenvalue weighted by Crippen LogP contribution is -2.46. The van der Waals surface area contributed by atoms with Gasteiger partial charge in [0.05, 0.1) is 5.69 Å². The Morgan fingerprint density at radius 1 is 1.39 bits per heavy atom. The number of rotatable bonds is 4. The Labute approximate surface area is 135 Å². The molecule has 0 spiro atoms. The summed E-state index contributed by atoms with van der Waals surface area (Å²) in [7, 11) is 0. The topological polar surface area (TPSA) is 91.0 Å². The summed E-state index contributed by atoms with van der Waals surface area (Å²) in [4.78, 5) is 26.7. The summed E-state index contributed by atoms with van der Waals surface area (Å²) in [6.45, 7) is 8.37. The third kappa shape index (κ3) is 3.96. The van der Waals surface area contributed by atoms with Crippen LogP contribution in [0.25, 0.3) is 0 Å². The highest BCUT2D eigenvalue weighted by Crippen LogP contribution is 2.09. The van der Waals surface area contributed by atoms with Gasteiger partial charge in [-0.2, -0.15) is 10.4 Å². The fraction of sp³-hybridized carbons (Fsp3) is 0.625. The van der Waals surface area contributed by atoms with Crippen molar-refractivity contribution in [2.45, 2.75) is 46.2 Å². The van der Waals surface area contributed by atoms with Crippen molar-refractivity contribution in [1.29, 1.82) is 5.26 Å². The number of nitrogens with one attached hydrogen (secondary N) is 1. The van der Waals surface area contributed by atoms with Gasteiger partial charge in [0.1, 0.15) is 18.2 Å². The Hall–Kier alpha value is -2.20. The second-order valence-electron chi connectivity index (χ2n) is 5.94. The second-order valence-corrected chi connectivity index (χ2v) is 5.94. The van der Waals surface area contributed by atoms with E-state index in [9.17, 15) is 9.59 Å². The Balaban J connectivity index is 2.03. The third-order valence-corrected chi connectivity index (χ3v) is 4.44. The largest absolute Gasteiger partial charge is 0.352 e. The van der Waals surface area contributed by atoms with Crippen molar-refractivity contribution in [2.24, 2.45) is 0 Å². The maximum Gasteiger partial charge on any atom is 0.285 e. The zero-order valence-electron chi connectivity index (χ0n) is 13.9. The van der Waals surface area contributed by atoms with Crippen LogP contribution in [0.15, 0.2) is 4.79 Å². The van der Waals surface area contributed by atoms with Gasteiger partial charge in [0.15, 0.2) is 0 Å². The number of nitriles is 1. The van der Waals surface area contributed by atoms with Crippen LogP contribution in [0.3, 0.4) is 0 Å². The maximum atomic E-state index is 12.2. The molecular weight excluding hydrogens is 294 g/mol. The maximum absolute atomic E-state index is 12.2. The average Bonchev–Trinajstić information content (AvgIpc) is 2.54. The van der Waals surface area contributed by atoms with E-state index in [-0.39, 0.29) is 24.1 Å². The van der Waals surface area contributed by atoms with Crippen molar-refractivity contribution in [2.75, 3.05) is 19.6 Å². The summed E-state index contributed by atoms with van der Waals surface area (Å²) >= 11 is 0. The van der Waals surface area contributed by atoms with Gasteiger partial charge in [-0.3, -0.25) is 9.59 Å². The molecule has 1 aromatic heterocycles. The van der Waals surface area contributed by atoms with Crippen molar-refractivity contribution >= 4 is 5.91 Å². The molecule has 1 aliphatic rings. The minimum Gasteiger partial charge on any atom is -0.352 e. The number of likely N-dealkylation sites (tertiary alicyclic amines) is 1. The molecule has 0 bridgehead atoms. The van der Waals surface area contributed by atoms with Crippen molar-refractivity contribution < 1.29 is 4.79 Å². The van der Waals surface area contributed by atoms with Crippen LogP contribution in [0.1, 0.15) is 36.6 Å². The number of hydrogen-bond donors (Lipinski definition) is 1. The highest BCUT2D eigenvalue weighted by molar-refractivity contribution is 5.76. The number of piperidine rings is 1. The Kier molecular flexibility index (Phi) is 5.50. The molecule has 2 heterocycles. The molecule has 0 saturated carbocycles. The Morgan fingerprint density at radius 2 is 2.04 bits per heavy atom. The summed E-state index contributed by atoms with van der Waals surface area (Å²) in [6.07, 6.45) is 1.83. The van der Waals surface area contributed by atoms with E-state index in [2.05, 4.69) is 22.2 Å². The second kappa shape index (κ2) is 7.38. The van der Waals surface area contributed by atoms with Crippen molar-refractivity contribution in [1.82, 2.24) is 20.0 Å². The van der Waals surface area contributed by atoms with Gasteiger partial charge in [0.2, 0.25) is 5.91 Å². The number of nitrogens with zero attached hydrogens (tertiary/aromatic N) is 4. The van der Waals surface area contributed by atoms with Crippen LogP contribution in [0, 0.1) is 25.2 Å². The number of carbonyl (C=O) groups is 1. The number of carbonyl (C=O) groups excluding carboxylic acids is 1. The van der Waals surface area contributed by atoms with Crippen molar-refractivity contribution in [3.8, 4) is 6.07 Å². The van der Waals surface area contributed by atoms with Gasteiger partial charge in [-0.05, 0) is 38.8 Å². The minimum absolute atomic E-state index is 0.0570. The molecule has 2 rings (SSSR count). The van der Waals surface area contributed by atoms with Gasteiger partial charge in [-0.1, -0.05) is 6.92 Å². The zero-order chi connectivity index (χ0) is 17.0. The molecule has 0 aliphatic carbocycles. The van der Waals surface area contributed by atoms with Gasteiger partial charge in [-0.15, -0.1) is 0 Å². The fourth-order valence-electron chi connectivity index (χ4n) is 2.81. The molecule has 1 saturated heterocycles. The molecular formula is C16H23N5O2. The highest BCUT2D eigenvalue weighted by Gasteiger charge is 2.20. The van der Waals surface area contributed by atoms with E-state index in [4.69, 9.17) is 5.26 Å². The van der Waals surface area contributed by atoms with E-state index >= 15 is 0 Å². The van der Waals surface area contributed by atoms with Crippen LogP contribution in [-0.2, 0) is 11.3 Å². The van der Waals surface area contributed by atoms with Crippen LogP contribution >= 0.6 is 0 Å². The van der Waals surface area contributed by atoms with E-state index in [1.165, 1.54) is 0 Å². The first kappa shape index (κ1) is 17.2. The molecule has 1 aliphatic heterocycles. The molecule has 0 unspecified atom stereocenters. The zero-order valence-corrected chi connectivity index (χ0v) is 13.9. The monoisotopic (exact) mass is 317 g/mol. The Morgan fingerprint density at radius 3 is 2.61 bits per heavy atom. The van der Waals surface area contributed by atoms with E-state index in [1.54, 1.807) is 13.8 Å². The molecule has 23 heavy (non-hydrogen) atoms. The fourth-order valence-corrected chi connectivity index (χ4v) is 2.81. The van der Waals surface area contributed by atoms with E-state index in [0.717, 1.165) is 37.2 Å². The Bertz CT molecular complexity index is 681. The summed E-state index contributed by atoms with van der Waals surface area (Å²) in [5.74, 6) is -0.235. The average molecular weight is 317 g/mol. The van der Waals surface area contributed by atoms with Crippen LogP contribution in [0.4, 0.5) is 0 Å². The summed E-state index contributed by atoms with van der Waals surface area (Å²) < 4.78 is 1.08. The van der Waals surface area contributed by atoms with Crippen LogP contribution in [0.2, 0.25) is 0 Å². The van der Waals surface area contributed by atoms with E-state index in [0.29, 0.717) is 11.3 Å². The first-order chi connectivity index (χ1) is 11.0. The molecule has 1 amide bonds. The molecule has 0 radical (unpaired) electrons. The predicted octanol–water partition coefficient (Wildman–Crippen LogP) is 0.332. The number of aryl methyl sites for hydroxylation is 1. The minimum atomic E-state index is -0.508. The van der Waals surface area contributed by atoms with Gasteiger partial charge < -0.3 is 10.2 Å². The van der Waals surface area contributed by atoms with Gasteiger partial charge >= 0.3 is 0 Å². The lowest BCUT2D eigenvalue weighted by molar-refractivity contribution is -0.122. The first-order valence-electron chi connectivity index (χ1n) is 7.96. The van der Waals surface area contributed by atoms with Crippen molar-refractivity contribution in [3.63, 3.8) is 0 Å². The van der Waals surface area contributed by atoms with Crippen LogP contribution < -0.4 is 10.9 Å². The lowest BCUT2D eigenvalue weighted by atomic mass is 10.1. The summed E-state index contributed by atoms with van der Waals surface area (Å²) in [5.41, 5.74) is 0.708. The number of hydrogen-bond acceptors (Lipinski definition) is 5. The normalized spacial score (nSPS) is 16.1. The quantitative estimate of drug-likeness (QED) is 0.864. The van der Waals surface area contributed by atoms with Gasteiger partial charge in [0.25, 0.3) is 5.56 Å². The lowest BCUT2D eigenvalue weighted by Gasteiger charge is -2.31. The van der Waals surface area contributed by atoms with Gasteiger partial charge in [-0.25, -0.2) is 4.68 Å². The number of amides is 1. The van der Waals surface area contributed by atoms with Gasteiger partial charge in [0, 0.05) is 19.1 Å². The molecule has 1 aromatic rings. The summed E-state index contributed by atoms with van der Waals surface area (Å²) in [5, 5.41) is 16.2. The molecule has 1 N–H and O–H groups in total. The highest BCUT2D eigenvalue weighted by atomic mass is 16.2. The van der Waals surface area contributed by atoms with Crippen LogP contribution in [-0.4, -0.2) is 46.3 Å². The first-order valence-corrected chi connectivity index (χ1v) is 7.96. The molecule has 1 fully saturated rings. The molecule has 0 aromatic carbocycles. The molecule has 7 nitrogen and oxygen atoms in total. The standard InChI is InChI=1S/C16H23N5O2/c1-4-20-7-5-13(6-8-20)18-15(22)10-21-16(23)14(9-17)11(2)12(3)19-21/h13H,4-8,10H2,1-3H3,(H,18,22). The van der Waals surface area contributed by atoms with E-state index in [1.807, 2.05) is 6.07 Å². The number of aromatic nitrogens is 2. The third-order valence-electron chi connectivity index (χ3n) is 4.44. The molecule has 7 heteroatoms. The predicted molar refractivity (Wildman–Crippen MR) is 86.0 cm³/mol. The van der Waals surface area contributed by atoms with Crippen molar-refractivity contribution in [3.05, 3.63) is 27.2 Å². The van der Waals surface area contributed by atoms with E-state index < -0.39 is 5.56 Å².